The topological polar surface area (TPSA) is 84.2 Å². The van der Waals surface area contributed by atoms with Crippen LogP contribution in [0.5, 0.6) is 0 Å². The van der Waals surface area contributed by atoms with Crippen molar-refractivity contribution < 1.29 is 13.2 Å². The van der Waals surface area contributed by atoms with Gasteiger partial charge in [-0.1, -0.05) is 13.3 Å². The molecule has 2 aliphatic carbocycles. The average molecular weight is 570 g/mol. The highest BCUT2D eigenvalue weighted by atomic mass is 19.4. The van der Waals surface area contributed by atoms with E-state index in [-0.39, 0.29) is 29.3 Å². The van der Waals surface area contributed by atoms with E-state index in [2.05, 4.69) is 28.1 Å². The quantitative estimate of drug-likeness (QED) is 0.389. The molecule has 6 rings (SSSR count). The normalized spacial score (nSPS) is 27.0. The lowest BCUT2D eigenvalue weighted by Crippen LogP contribution is -2.37. The minimum absolute atomic E-state index is 0.0836. The van der Waals surface area contributed by atoms with Crippen LogP contribution in [-0.4, -0.2) is 41.7 Å². The second-order valence-corrected chi connectivity index (χ2v) is 12.8. The number of nitriles is 1. The number of likely N-dealkylation sites (tertiary alicyclic amines) is 1. The molecule has 0 aromatic carbocycles. The number of hydrogen-bond acceptors (Lipinski definition) is 5. The lowest BCUT2D eigenvalue weighted by atomic mass is 9.64. The Labute approximate surface area is 237 Å². The molecule has 41 heavy (non-hydrogen) atoms. The van der Waals surface area contributed by atoms with Gasteiger partial charge >= 0.3 is 11.9 Å². The van der Waals surface area contributed by atoms with Crippen LogP contribution >= 0.6 is 0 Å². The zero-order chi connectivity index (χ0) is 28.9. The van der Waals surface area contributed by atoms with Gasteiger partial charge in [-0.2, -0.15) is 18.4 Å². The first-order valence-corrected chi connectivity index (χ1v) is 14.9. The summed E-state index contributed by atoms with van der Waals surface area (Å²) in [6.07, 6.45) is 7.26. The Kier molecular flexibility index (Phi) is 7.47. The molecule has 220 valence electrons. The van der Waals surface area contributed by atoms with Crippen molar-refractivity contribution in [2.45, 2.75) is 83.0 Å². The van der Waals surface area contributed by atoms with Gasteiger partial charge in [-0.3, -0.25) is 13.9 Å². The fraction of sp³-hybridized carbons (Fsp3) is 0.667. The van der Waals surface area contributed by atoms with E-state index in [1.807, 2.05) is 11.6 Å². The maximum Gasteiger partial charge on any atom is 0.418 e. The summed E-state index contributed by atoms with van der Waals surface area (Å²) in [5.74, 6) is 1.72. The second-order valence-electron chi connectivity index (χ2n) is 12.8. The van der Waals surface area contributed by atoms with Crippen LogP contribution in [0.4, 0.5) is 13.2 Å². The second kappa shape index (κ2) is 10.9. The van der Waals surface area contributed by atoms with Crippen LogP contribution in [0.2, 0.25) is 0 Å². The van der Waals surface area contributed by atoms with Gasteiger partial charge in [-0.25, -0.2) is 4.79 Å². The largest absolute Gasteiger partial charge is 0.418 e. The Morgan fingerprint density at radius 1 is 1.12 bits per heavy atom. The third-order valence-corrected chi connectivity index (χ3v) is 9.81. The number of aromatic nitrogens is 5. The molecule has 0 N–H and O–H groups in total. The van der Waals surface area contributed by atoms with Crippen LogP contribution in [-0.2, 0) is 19.8 Å². The summed E-state index contributed by atoms with van der Waals surface area (Å²) in [5.41, 5.74) is -0.896. The zero-order valence-corrected chi connectivity index (χ0v) is 23.7. The minimum atomic E-state index is -4.60. The van der Waals surface area contributed by atoms with Crippen molar-refractivity contribution in [3.05, 3.63) is 52.2 Å². The standard InChI is InChI=1S/C30H38F3N7O/c1-19-5-4-8-38(14-19)15-21-11-25(30(31,32)33)26-17-39(29(41)40(26)16-21)24-10-20(13-34)9-23(12-24)27(22-6-3-7-22)28-36-35-18-37(28)2/h11,16-20,22-24,27H,3-10,12,14-15H2,1-2H3/t19-,20?,23?,24?,27-/m0/s1. The van der Waals surface area contributed by atoms with Crippen molar-refractivity contribution >= 4 is 5.52 Å². The number of aryl methyl sites for hydroxylation is 1. The highest BCUT2D eigenvalue weighted by Gasteiger charge is 2.43. The first-order valence-electron chi connectivity index (χ1n) is 14.9. The Bertz CT molecular complexity index is 1490. The maximum absolute atomic E-state index is 14.3. The van der Waals surface area contributed by atoms with E-state index >= 15 is 0 Å². The van der Waals surface area contributed by atoms with Gasteiger partial charge in [0.05, 0.1) is 17.1 Å². The van der Waals surface area contributed by atoms with Crippen molar-refractivity contribution in [1.29, 1.82) is 5.26 Å². The summed E-state index contributed by atoms with van der Waals surface area (Å²) >= 11 is 0. The number of nitrogens with zero attached hydrogens (tertiary/aromatic N) is 7. The SMILES string of the molecule is C[C@H]1CCCN(Cc2cc(C(F)(F)F)c3cn(C4CC(C#N)CC([C@@H](c5nncn5C)C5CCC5)C4)c(=O)n3c2)C1. The highest BCUT2D eigenvalue weighted by Crippen LogP contribution is 2.50. The van der Waals surface area contributed by atoms with Crippen LogP contribution in [0, 0.1) is 35.0 Å². The third kappa shape index (κ3) is 5.43. The Morgan fingerprint density at radius 3 is 2.56 bits per heavy atom. The molecular weight excluding hydrogens is 531 g/mol. The molecule has 3 aliphatic rings. The Hall–Kier alpha value is -3.13. The fourth-order valence-electron chi connectivity index (χ4n) is 7.68. The van der Waals surface area contributed by atoms with E-state index in [1.54, 1.807) is 12.5 Å². The molecule has 3 unspecified atom stereocenters. The molecule has 0 radical (unpaired) electrons. The van der Waals surface area contributed by atoms with Gasteiger partial charge in [0.1, 0.15) is 12.2 Å². The van der Waals surface area contributed by atoms with Crippen LogP contribution in [0.3, 0.4) is 0 Å². The molecule has 0 bridgehead atoms. The number of piperidine rings is 1. The van der Waals surface area contributed by atoms with Crippen LogP contribution < -0.4 is 5.69 Å². The summed E-state index contributed by atoms with van der Waals surface area (Å²) in [5, 5.41) is 18.5. The number of rotatable bonds is 6. The number of fused-ring (bicyclic) bond motifs is 1. The highest BCUT2D eigenvalue weighted by molar-refractivity contribution is 5.56. The average Bonchev–Trinajstić information content (AvgIpc) is 3.47. The van der Waals surface area contributed by atoms with E-state index < -0.39 is 17.4 Å². The molecule has 3 aromatic rings. The smallest absolute Gasteiger partial charge is 0.320 e. The molecule has 3 aromatic heterocycles. The van der Waals surface area contributed by atoms with Gasteiger partial charge in [0.25, 0.3) is 0 Å². The van der Waals surface area contributed by atoms with Crippen LogP contribution in [0.1, 0.15) is 87.2 Å². The summed E-state index contributed by atoms with van der Waals surface area (Å²) in [4.78, 5) is 16.0. The van der Waals surface area contributed by atoms with Crippen molar-refractivity contribution in [3.63, 3.8) is 0 Å². The van der Waals surface area contributed by atoms with Gasteiger partial charge < -0.3 is 4.57 Å². The molecular formula is C30H38F3N7O. The molecule has 11 heteroatoms. The zero-order valence-electron chi connectivity index (χ0n) is 23.7. The monoisotopic (exact) mass is 569 g/mol. The minimum Gasteiger partial charge on any atom is -0.320 e. The lowest BCUT2D eigenvalue weighted by Gasteiger charge is -2.42. The predicted octanol–water partition coefficient (Wildman–Crippen LogP) is 5.55. The summed E-state index contributed by atoms with van der Waals surface area (Å²) in [7, 11) is 1.93. The molecule has 0 spiro atoms. The number of pyridine rings is 1. The van der Waals surface area contributed by atoms with E-state index in [4.69, 9.17) is 0 Å². The first-order chi connectivity index (χ1) is 19.6. The molecule has 3 fully saturated rings. The van der Waals surface area contributed by atoms with Gasteiger partial charge in [0.2, 0.25) is 0 Å². The Morgan fingerprint density at radius 2 is 1.93 bits per heavy atom. The molecule has 5 atom stereocenters. The fourth-order valence-corrected chi connectivity index (χ4v) is 7.68. The molecule has 4 heterocycles. The summed E-state index contributed by atoms with van der Waals surface area (Å²) < 4.78 is 47.6. The van der Waals surface area contributed by atoms with Crippen LogP contribution in [0.15, 0.2) is 29.6 Å². The van der Waals surface area contributed by atoms with Gasteiger partial charge in [-0.05, 0) is 80.9 Å². The summed E-state index contributed by atoms with van der Waals surface area (Å²) in [6, 6.07) is 3.26. The molecule has 0 amide bonds. The maximum atomic E-state index is 14.3. The predicted molar refractivity (Wildman–Crippen MR) is 147 cm³/mol. The van der Waals surface area contributed by atoms with E-state index in [0.29, 0.717) is 43.2 Å². The molecule has 1 saturated heterocycles. The van der Waals surface area contributed by atoms with Crippen LogP contribution in [0.25, 0.3) is 5.52 Å². The van der Waals surface area contributed by atoms with E-state index in [9.17, 15) is 23.2 Å². The number of alkyl halides is 3. The van der Waals surface area contributed by atoms with Gasteiger partial charge in [0.15, 0.2) is 0 Å². The van der Waals surface area contributed by atoms with Gasteiger partial charge in [-0.15, -0.1) is 10.2 Å². The van der Waals surface area contributed by atoms with Crippen molar-refractivity contribution in [3.8, 4) is 6.07 Å². The number of halogens is 3. The van der Waals surface area contributed by atoms with Crippen molar-refractivity contribution in [2.75, 3.05) is 13.1 Å². The lowest BCUT2D eigenvalue weighted by molar-refractivity contribution is -0.136. The number of imidazole rings is 1. The van der Waals surface area contributed by atoms with Gasteiger partial charge in [0, 0.05) is 50.4 Å². The third-order valence-electron chi connectivity index (χ3n) is 9.81. The van der Waals surface area contributed by atoms with E-state index in [0.717, 1.165) is 51.0 Å². The van der Waals surface area contributed by atoms with Crippen molar-refractivity contribution in [2.24, 2.45) is 30.7 Å². The summed E-state index contributed by atoms with van der Waals surface area (Å²) in [6.45, 7) is 4.21. The molecule has 8 nitrogen and oxygen atoms in total. The molecule has 1 aliphatic heterocycles. The van der Waals surface area contributed by atoms with E-state index in [1.165, 1.54) is 21.2 Å². The Balaban J connectivity index is 1.37. The first kappa shape index (κ1) is 28.0. The number of hydrogen-bond donors (Lipinski definition) is 0. The van der Waals surface area contributed by atoms with Crippen molar-refractivity contribution in [1.82, 2.24) is 28.6 Å². The molecule has 2 saturated carbocycles.